The summed E-state index contributed by atoms with van der Waals surface area (Å²) in [6.45, 7) is 2.05. The minimum Gasteiger partial charge on any atom is -0.493 e. The second-order valence-corrected chi connectivity index (χ2v) is 9.88. The minimum atomic E-state index is -3.80. The molecule has 3 aromatic rings. The number of sulfonamides is 1. The van der Waals surface area contributed by atoms with Crippen LogP contribution in [-0.2, 0) is 21.4 Å². The van der Waals surface area contributed by atoms with Crippen LogP contribution < -0.4 is 25.2 Å². The van der Waals surface area contributed by atoms with Gasteiger partial charge in [-0.1, -0.05) is 43.3 Å². The normalized spacial score (nSPS) is 11.8. The van der Waals surface area contributed by atoms with Crippen LogP contribution in [0.5, 0.6) is 11.5 Å². The third-order valence-corrected chi connectivity index (χ3v) is 6.71. The fraction of sp³-hybridized carbons (Fsp3) is 0.231. The van der Waals surface area contributed by atoms with Gasteiger partial charge in [-0.2, -0.15) is 0 Å². The number of nitrogen functional groups attached to an aromatic ring is 1. The van der Waals surface area contributed by atoms with Crippen LogP contribution in [0.1, 0.15) is 36.1 Å². The molecular formula is C26H30N4O5S. The van der Waals surface area contributed by atoms with E-state index in [1.807, 2.05) is 30.3 Å². The third kappa shape index (κ3) is 7.22. The highest BCUT2D eigenvalue weighted by Gasteiger charge is 2.26. The molecule has 0 aliphatic rings. The number of anilines is 1. The average Bonchev–Trinajstić information content (AvgIpc) is 2.86. The van der Waals surface area contributed by atoms with Crippen molar-refractivity contribution < 1.29 is 22.7 Å². The third-order valence-electron chi connectivity index (χ3n) is 5.26. The Hall–Kier alpha value is -4.05. The van der Waals surface area contributed by atoms with E-state index in [1.54, 1.807) is 49.4 Å². The maximum atomic E-state index is 13.1. The first-order chi connectivity index (χ1) is 17.2. The van der Waals surface area contributed by atoms with Crippen LogP contribution in [0.3, 0.4) is 0 Å². The van der Waals surface area contributed by atoms with Crippen LogP contribution in [0, 0.1) is 5.41 Å². The van der Waals surface area contributed by atoms with Crippen molar-refractivity contribution in [1.29, 1.82) is 5.41 Å². The number of nitrogens with one attached hydrogen (secondary N) is 3. The number of rotatable bonds is 12. The maximum Gasteiger partial charge on any atom is 0.260 e. The second-order valence-electron chi connectivity index (χ2n) is 8.04. The van der Waals surface area contributed by atoms with Gasteiger partial charge in [-0.25, -0.2) is 8.42 Å². The molecule has 3 aromatic carbocycles. The first kappa shape index (κ1) is 26.6. The lowest BCUT2D eigenvalue weighted by atomic mass is 10.0. The summed E-state index contributed by atoms with van der Waals surface area (Å²) in [6.07, 6.45) is 0.370. The Kier molecular flexibility index (Phi) is 8.91. The standard InChI is InChI=1S/C26H30N4O5S/c1-3-15-36(32,33)30-26(31)24(29-21-12-9-19(10-13-21)25(27)28)20-11-14-22(23(16-20)34-2)35-17-18-7-5-4-6-8-18/h4-14,16,24,29H,3,15,17H2,1-2H3,(H3,27,28)(H,30,31). The Morgan fingerprint density at radius 2 is 1.72 bits per heavy atom. The number of carbonyl (C=O) groups is 1. The summed E-state index contributed by atoms with van der Waals surface area (Å²) < 4.78 is 38.2. The van der Waals surface area contributed by atoms with Crippen molar-refractivity contribution in [3.8, 4) is 11.5 Å². The number of benzene rings is 3. The predicted molar refractivity (Wildman–Crippen MR) is 140 cm³/mol. The van der Waals surface area contributed by atoms with E-state index in [9.17, 15) is 13.2 Å². The zero-order chi connectivity index (χ0) is 26.1. The highest BCUT2D eigenvalue weighted by atomic mass is 32.2. The molecular weight excluding hydrogens is 480 g/mol. The van der Waals surface area contributed by atoms with E-state index in [2.05, 4.69) is 10.0 Å². The summed E-state index contributed by atoms with van der Waals surface area (Å²) >= 11 is 0. The molecule has 0 aliphatic heterocycles. The van der Waals surface area contributed by atoms with Gasteiger partial charge in [0, 0.05) is 11.3 Å². The molecule has 0 saturated heterocycles. The monoisotopic (exact) mass is 510 g/mol. The van der Waals surface area contributed by atoms with Crippen LogP contribution in [-0.4, -0.2) is 33.0 Å². The van der Waals surface area contributed by atoms with Gasteiger partial charge < -0.3 is 20.5 Å². The molecule has 5 N–H and O–H groups in total. The van der Waals surface area contributed by atoms with Gasteiger partial charge in [0.05, 0.1) is 12.9 Å². The Morgan fingerprint density at radius 1 is 1.03 bits per heavy atom. The Labute approximate surface area is 211 Å². The number of ether oxygens (including phenoxy) is 2. The Bertz CT molecular complexity index is 1300. The van der Waals surface area contributed by atoms with Crippen molar-refractivity contribution in [3.05, 3.63) is 89.5 Å². The summed E-state index contributed by atoms with van der Waals surface area (Å²) in [4.78, 5) is 13.1. The number of hydrogen-bond donors (Lipinski definition) is 4. The van der Waals surface area contributed by atoms with Gasteiger partial charge >= 0.3 is 0 Å². The van der Waals surface area contributed by atoms with Gasteiger partial charge in [0.1, 0.15) is 18.5 Å². The molecule has 0 aromatic heterocycles. The van der Waals surface area contributed by atoms with E-state index in [4.69, 9.17) is 20.6 Å². The summed E-state index contributed by atoms with van der Waals surface area (Å²) in [5.74, 6) is -0.120. The maximum absolute atomic E-state index is 13.1. The zero-order valence-electron chi connectivity index (χ0n) is 20.2. The minimum absolute atomic E-state index is 0.0858. The number of methoxy groups -OCH3 is 1. The highest BCUT2D eigenvalue weighted by molar-refractivity contribution is 7.90. The molecule has 3 rings (SSSR count). The molecule has 0 spiro atoms. The van der Waals surface area contributed by atoms with Crippen molar-refractivity contribution in [2.24, 2.45) is 5.73 Å². The number of amides is 1. The van der Waals surface area contributed by atoms with E-state index in [0.29, 0.717) is 41.3 Å². The summed E-state index contributed by atoms with van der Waals surface area (Å²) in [5, 5.41) is 10.6. The summed E-state index contributed by atoms with van der Waals surface area (Å²) in [5.41, 5.74) is 8.03. The highest BCUT2D eigenvalue weighted by Crippen LogP contribution is 2.32. The quantitative estimate of drug-likeness (QED) is 0.215. The van der Waals surface area contributed by atoms with Crippen LogP contribution >= 0.6 is 0 Å². The molecule has 1 atom stereocenters. The average molecular weight is 511 g/mol. The molecule has 0 radical (unpaired) electrons. The lowest BCUT2D eigenvalue weighted by molar-refractivity contribution is -0.120. The molecule has 0 fully saturated rings. The first-order valence-corrected chi connectivity index (χ1v) is 13.0. The van der Waals surface area contributed by atoms with Crippen molar-refractivity contribution in [2.75, 3.05) is 18.2 Å². The molecule has 0 heterocycles. The summed E-state index contributed by atoms with van der Waals surface area (Å²) in [7, 11) is -2.31. The van der Waals surface area contributed by atoms with Crippen molar-refractivity contribution in [2.45, 2.75) is 26.0 Å². The molecule has 1 amide bonds. The van der Waals surface area contributed by atoms with Crippen molar-refractivity contribution >= 4 is 27.5 Å². The summed E-state index contributed by atoms with van der Waals surface area (Å²) in [6, 6.07) is 20.2. The van der Waals surface area contributed by atoms with E-state index >= 15 is 0 Å². The van der Waals surface area contributed by atoms with Gasteiger partial charge in [0.25, 0.3) is 5.91 Å². The number of carbonyl (C=O) groups excluding carboxylic acids is 1. The van der Waals surface area contributed by atoms with E-state index in [1.165, 1.54) is 7.11 Å². The van der Waals surface area contributed by atoms with E-state index in [0.717, 1.165) is 5.56 Å². The fourth-order valence-corrected chi connectivity index (χ4v) is 4.53. The number of hydrogen-bond acceptors (Lipinski definition) is 7. The van der Waals surface area contributed by atoms with Gasteiger partial charge in [-0.15, -0.1) is 0 Å². The van der Waals surface area contributed by atoms with Crippen LogP contribution in [0.15, 0.2) is 72.8 Å². The predicted octanol–water partition coefficient (Wildman–Crippen LogP) is 3.57. The number of amidine groups is 1. The lowest BCUT2D eigenvalue weighted by Gasteiger charge is -2.21. The van der Waals surface area contributed by atoms with Gasteiger partial charge in [0.15, 0.2) is 11.5 Å². The van der Waals surface area contributed by atoms with Crippen molar-refractivity contribution in [1.82, 2.24) is 4.72 Å². The fourth-order valence-electron chi connectivity index (χ4n) is 3.46. The topological polar surface area (TPSA) is 144 Å². The van der Waals surface area contributed by atoms with Crippen LogP contribution in [0.2, 0.25) is 0 Å². The zero-order valence-corrected chi connectivity index (χ0v) is 21.0. The molecule has 36 heavy (non-hydrogen) atoms. The van der Waals surface area contributed by atoms with Crippen LogP contribution in [0.25, 0.3) is 0 Å². The van der Waals surface area contributed by atoms with Gasteiger partial charge in [0.2, 0.25) is 10.0 Å². The molecule has 190 valence electrons. The molecule has 0 aliphatic carbocycles. The first-order valence-electron chi connectivity index (χ1n) is 11.3. The lowest BCUT2D eigenvalue weighted by Crippen LogP contribution is -2.38. The van der Waals surface area contributed by atoms with Crippen molar-refractivity contribution in [3.63, 3.8) is 0 Å². The van der Waals surface area contributed by atoms with Crippen LogP contribution in [0.4, 0.5) is 5.69 Å². The smallest absolute Gasteiger partial charge is 0.260 e. The second kappa shape index (κ2) is 12.1. The van der Waals surface area contributed by atoms with E-state index < -0.39 is 22.0 Å². The molecule has 9 nitrogen and oxygen atoms in total. The largest absolute Gasteiger partial charge is 0.493 e. The van der Waals surface area contributed by atoms with Gasteiger partial charge in [-0.3, -0.25) is 14.9 Å². The Balaban J connectivity index is 1.90. The number of nitrogens with two attached hydrogens (primary N) is 1. The molecule has 0 saturated carbocycles. The Morgan fingerprint density at radius 3 is 2.33 bits per heavy atom. The SMILES string of the molecule is CCCS(=O)(=O)NC(=O)C(Nc1ccc(C(=N)N)cc1)c1ccc(OCc2ccccc2)c(OC)c1. The molecule has 10 heteroatoms. The van der Waals surface area contributed by atoms with Gasteiger partial charge in [-0.05, 0) is 53.9 Å². The molecule has 0 bridgehead atoms. The van der Waals surface area contributed by atoms with E-state index in [-0.39, 0.29) is 11.6 Å². The molecule has 1 unspecified atom stereocenters.